The molecule has 0 spiro atoms. The van der Waals surface area contributed by atoms with Crippen molar-refractivity contribution < 1.29 is 23.1 Å². The molecule has 1 aliphatic heterocycles. The maximum atomic E-state index is 12.8. The summed E-state index contributed by atoms with van der Waals surface area (Å²) in [5.41, 5.74) is -2.14. The van der Waals surface area contributed by atoms with Gasteiger partial charge in [-0.05, 0) is 25.0 Å². The molecule has 1 saturated heterocycles. The van der Waals surface area contributed by atoms with E-state index >= 15 is 0 Å². The van der Waals surface area contributed by atoms with Crippen LogP contribution < -0.4 is 0 Å². The Morgan fingerprint density at radius 3 is 2.40 bits per heavy atom. The third kappa shape index (κ3) is 2.54. The van der Waals surface area contributed by atoms with E-state index in [-0.39, 0.29) is 5.56 Å². The van der Waals surface area contributed by atoms with E-state index in [0.29, 0.717) is 19.2 Å². The Kier molecular flexibility index (Phi) is 3.57. The Balaban J connectivity index is 2.49. The Morgan fingerprint density at radius 2 is 1.90 bits per heavy atom. The fourth-order valence-electron chi connectivity index (χ4n) is 2.16. The van der Waals surface area contributed by atoms with Crippen LogP contribution in [0.3, 0.4) is 0 Å². The number of benzene rings is 1. The molecule has 1 fully saturated rings. The molecule has 1 N–H and O–H groups in total. The molecule has 0 atom stereocenters. The van der Waals surface area contributed by atoms with Gasteiger partial charge in [-0.15, -0.1) is 0 Å². The lowest BCUT2D eigenvalue weighted by molar-refractivity contribution is -0.138. The molecule has 0 unspecified atom stereocenters. The molecule has 20 heavy (non-hydrogen) atoms. The molecular formula is C13H11F3N2O2. The third-order valence-corrected chi connectivity index (χ3v) is 3.18. The van der Waals surface area contributed by atoms with Gasteiger partial charge in [0.25, 0.3) is 5.91 Å². The van der Waals surface area contributed by atoms with Crippen molar-refractivity contribution in [3.63, 3.8) is 0 Å². The van der Waals surface area contributed by atoms with Crippen molar-refractivity contribution in [3.05, 3.63) is 28.8 Å². The quantitative estimate of drug-likeness (QED) is 0.861. The number of hydrogen-bond donors (Lipinski definition) is 1. The first-order valence-corrected chi connectivity index (χ1v) is 5.98. The van der Waals surface area contributed by atoms with Crippen molar-refractivity contribution in [1.29, 1.82) is 5.26 Å². The summed E-state index contributed by atoms with van der Waals surface area (Å²) in [6, 6.07) is 3.06. The number of phenols is 1. The highest BCUT2D eigenvalue weighted by Crippen LogP contribution is 2.38. The number of nitrogens with zero attached hydrogens (tertiary/aromatic N) is 2. The fourth-order valence-corrected chi connectivity index (χ4v) is 2.16. The van der Waals surface area contributed by atoms with Crippen molar-refractivity contribution >= 4 is 5.91 Å². The third-order valence-electron chi connectivity index (χ3n) is 3.18. The fraction of sp³-hybridized carbons (Fsp3) is 0.385. The second-order valence-electron chi connectivity index (χ2n) is 4.53. The van der Waals surface area contributed by atoms with Crippen LogP contribution in [0.15, 0.2) is 12.1 Å². The van der Waals surface area contributed by atoms with Crippen LogP contribution in [0, 0.1) is 11.3 Å². The Hall–Kier alpha value is -2.23. The summed E-state index contributed by atoms with van der Waals surface area (Å²) in [7, 11) is 0. The molecule has 4 nitrogen and oxygen atoms in total. The van der Waals surface area contributed by atoms with Crippen LogP contribution in [0.25, 0.3) is 0 Å². The molecule has 1 aromatic rings. The summed E-state index contributed by atoms with van der Waals surface area (Å²) in [5.74, 6) is -1.69. The number of carbonyl (C=O) groups excluding carboxylic acids is 1. The summed E-state index contributed by atoms with van der Waals surface area (Å²) in [6.45, 7) is 0.978. The van der Waals surface area contributed by atoms with Crippen LogP contribution in [0.1, 0.15) is 34.3 Å². The van der Waals surface area contributed by atoms with Gasteiger partial charge in [0, 0.05) is 18.7 Å². The molecular weight excluding hydrogens is 273 g/mol. The van der Waals surface area contributed by atoms with Gasteiger partial charge in [0.05, 0.1) is 11.1 Å². The van der Waals surface area contributed by atoms with Gasteiger partial charge in [-0.2, -0.15) is 18.4 Å². The maximum absolute atomic E-state index is 12.8. The van der Waals surface area contributed by atoms with Gasteiger partial charge in [-0.25, -0.2) is 0 Å². The molecule has 0 bridgehead atoms. The van der Waals surface area contributed by atoms with E-state index in [1.807, 2.05) is 0 Å². The minimum atomic E-state index is -4.82. The predicted molar refractivity (Wildman–Crippen MR) is 63.0 cm³/mol. The summed E-state index contributed by atoms with van der Waals surface area (Å²) >= 11 is 0. The summed E-state index contributed by atoms with van der Waals surface area (Å²) in [5, 5.41) is 18.2. The number of carbonyl (C=O) groups is 1. The Labute approximate surface area is 113 Å². The van der Waals surface area contributed by atoms with Crippen molar-refractivity contribution in [3.8, 4) is 11.8 Å². The van der Waals surface area contributed by atoms with Gasteiger partial charge in [0.2, 0.25) is 0 Å². The number of amides is 1. The number of halogens is 3. The molecule has 0 saturated carbocycles. The van der Waals surface area contributed by atoms with Crippen molar-refractivity contribution in [2.45, 2.75) is 19.0 Å². The highest BCUT2D eigenvalue weighted by atomic mass is 19.4. The number of rotatable bonds is 1. The summed E-state index contributed by atoms with van der Waals surface area (Å²) in [6.07, 6.45) is -3.21. The highest BCUT2D eigenvalue weighted by molar-refractivity contribution is 5.95. The van der Waals surface area contributed by atoms with Crippen LogP contribution >= 0.6 is 0 Å². The van der Waals surface area contributed by atoms with Crippen LogP contribution in [0.4, 0.5) is 13.2 Å². The number of aromatic hydroxyl groups is 1. The van der Waals surface area contributed by atoms with Crippen LogP contribution in [-0.4, -0.2) is 29.0 Å². The minimum Gasteiger partial charge on any atom is -0.506 e. The molecule has 0 aromatic heterocycles. The van der Waals surface area contributed by atoms with Crippen molar-refractivity contribution in [2.24, 2.45) is 0 Å². The zero-order valence-corrected chi connectivity index (χ0v) is 10.4. The van der Waals surface area contributed by atoms with Crippen molar-refractivity contribution in [1.82, 2.24) is 4.90 Å². The molecule has 1 heterocycles. The SMILES string of the molecule is N#Cc1cc(C(=O)N2CCCC2)cc(C(F)(F)F)c1O. The standard InChI is InChI=1S/C13H11F3N2O2/c14-13(15,16)10-6-8(5-9(7-17)11(10)19)12(20)18-3-1-2-4-18/h5-6,19H,1-4H2. The average Bonchev–Trinajstić information content (AvgIpc) is 2.90. The first-order valence-electron chi connectivity index (χ1n) is 5.98. The molecule has 1 aromatic carbocycles. The highest BCUT2D eigenvalue weighted by Gasteiger charge is 2.36. The number of hydrogen-bond acceptors (Lipinski definition) is 3. The molecule has 1 amide bonds. The minimum absolute atomic E-state index is 0.228. The van der Waals surface area contributed by atoms with Crippen LogP contribution in [-0.2, 0) is 6.18 Å². The number of phenolic OH excluding ortho intramolecular Hbond substituents is 1. The van der Waals surface area contributed by atoms with E-state index in [9.17, 15) is 23.1 Å². The van der Waals surface area contributed by atoms with E-state index in [1.165, 1.54) is 11.0 Å². The van der Waals surface area contributed by atoms with Gasteiger partial charge in [-0.1, -0.05) is 0 Å². The lowest BCUT2D eigenvalue weighted by atomic mass is 10.0. The Bertz CT molecular complexity index is 585. The van der Waals surface area contributed by atoms with E-state index < -0.39 is 29.0 Å². The van der Waals surface area contributed by atoms with Gasteiger partial charge in [0.1, 0.15) is 11.8 Å². The van der Waals surface area contributed by atoms with Gasteiger partial charge >= 0.3 is 6.18 Å². The van der Waals surface area contributed by atoms with Gasteiger partial charge in [0.15, 0.2) is 0 Å². The van der Waals surface area contributed by atoms with E-state index in [2.05, 4.69) is 0 Å². The second-order valence-corrected chi connectivity index (χ2v) is 4.53. The maximum Gasteiger partial charge on any atom is 0.420 e. The predicted octanol–water partition coefficient (Wildman–Crippen LogP) is 2.52. The lowest BCUT2D eigenvalue weighted by Crippen LogP contribution is -2.28. The molecule has 0 radical (unpaired) electrons. The molecule has 1 aliphatic rings. The smallest absolute Gasteiger partial charge is 0.420 e. The van der Waals surface area contributed by atoms with Crippen molar-refractivity contribution in [2.75, 3.05) is 13.1 Å². The van der Waals surface area contributed by atoms with E-state index in [1.54, 1.807) is 0 Å². The monoisotopic (exact) mass is 284 g/mol. The number of likely N-dealkylation sites (tertiary alicyclic amines) is 1. The first-order chi connectivity index (χ1) is 9.34. The lowest BCUT2D eigenvalue weighted by Gasteiger charge is -2.17. The summed E-state index contributed by atoms with van der Waals surface area (Å²) < 4.78 is 38.4. The number of alkyl halides is 3. The largest absolute Gasteiger partial charge is 0.506 e. The second kappa shape index (κ2) is 5.04. The van der Waals surface area contributed by atoms with Crippen LogP contribution in [0.5, 0.6) is 5.75 Å². The summed E-state index contributed by atoms with van der Waals surface area (Å²) in [4.78, 5) is 13.5. The molecule has 2 rings (SSSR count). The average molecular weight is 284 g/mol. The first kappa shape index (κ1) is 14.2. The Morgan fingerprint density at radius 1 is 1.30 bits per heavy atom. The topological polar surface area (TPSA) is 64.3 Å². The zero-order chi connectivity index (χ0) is 14.9. The molecule has 7 heteroatoms. The van der Waals surface area contributed by atoms with E-state index in [0.717, 1.165) is 18.9 Å². The van der Waals surface area contributed by atoms with Gasteiger partial charge in [-0.3, -0.25) is 4.79 Å². The number of nitriles is 1. The zero-order valence-electron chi connectivity index (χ0n) is 10.4. The van der Waals surface area contributed by atoms with Gasteiger partial charge < -0.3 is 10.0 Å². The van der Waals surface area contributed by atoms with E-state index in [4.69, 9.17) is 5.26 Å². The molecule has 106 valence electrons. The normalized spacial score (nSPS) is 15.2. The van der Waals surface area contributed by atoms with Crippen LogP contribution in [0.2, 0.25) is 0 Å². The molecule has 0 aliphatic carbocycles.